The predicted octanol–water partition coefficient (Wildman–Crippen LogP) is 0.666. The lowest BCUT2D eigenvalue weighted by atomic mass is 10.2. The van der Waals surface area contributed by atoms with E-state index in [1.165, 1.54) is 14.0 Å². The molecule has 0 bridgehead atoms. The summed E-state index contributed by atoms with van der Waals surface area (Å²) in [4.78, 5) is 37.7. The van der Waals surface area contributed by atoms with Gasteiger partial charge >= 0.3 is 0 Å². The number of benzene rings is 1. The molecule has 3 amide bonds. The minimum absolute atomic E-state index is 0.243. The summed E-state index contributed by atoms with van der Waals surface area (Å²) in [5.41, 5.74) is 5.71. The van der Waals surface area contributed by atoms with Gasteiger partial charge in [0.25, 0.3) is 11.8 Å². The third-order valence-electron chi connectivity index (χ3n) is 2.76. The first-order valence-electron chi connectivity index (χ1n) is 6.78. The van der Waals surface area contributed by atoms with Gasteiger partial charge in [-0.25, -0.2) is 0 Å². The van der Waals surface area contributed by atoms with Crippen LogP contribution in [0.5, 0.6) is 11.5 Å². The first-order valence-corrected chi connectivity index (χ1v) is 7.60. The number of hydrogen-bond donors (Lipinski definition) is 2. The molecule has 0 unspecified atom stereocenters. The van der Waals surface area contributed by atoms with E-state index in [1.807, 2.05) is 0 Å². The number of amidine groups is 1. The van der Waals surface area contributed by atoms with Gasteiger partial charge in [0, 0.05) is 6.92 Å². The number of carbonyl (C=O) groups is 3. The molecule has 1 aromatic rings. The Morgan fingerprint density at radius 1 is 1.38 bits per heavy atom. The van der Waals surface area contributed by atoms with E-state index in [2.05, 4.69) is 10.3 Å². The van der Waals surface area contributed by atoms with Crippen LogP contribution in [-0.4, -0.2) is 36.6 Å². The van der Waals surface area contributed by atoms with Gasteiger partial charge in [-0.15, -0.1) is 0 Å². The van der Waals surface area contributed by atoms with E-state index >= 15 is 0 Å². The van der Waals surface area contributed by atoms with Crippen molar-refractivity contribution in [2.75, 3.05) is 13.7 Å². The van der Waals surface area contributed by atoms with Gasteiger partial charge in [0.1, 0.15) is 0 Å². The standard InChI is InChI=1S/C15H15N3O5S/c1-8(19)17-15-18-14(21)12(24-15)6-9-3-4-10(11(5-9)22-2)23-7-13(16)20/h3-6H,7H2,1-2H3,(H2,16,20)(H,17,18,19,21)/b12-6-. The van der Waals surface area contributed by atoms with Crippen molar-refractivity contribution in [1.29, 1.82) is 0 Å². The summed E-state index contributed by atoms with van der Waals surface area (Å²) < 4.78 is 10.4. The van der Waals surface area contributed by atoms with Crippen molar-refractivity contribution in [3.05, 3.63) is 28.7 Å². The van der Waals surface area contributed by atoms with E-state index in [0.717, 1.165) is 11.8 Å². The molecule has 9 heteroatoms. The summed E-state index contributed by atoms with van der Waals surface area (Å²) in [6.07, 6.45) is 1.62. The number of ether oxygens (including phenoxy) is 2. The zero-order valence-electron chi connectivity index (χ0n) is 13.0. The van der Waals surface area contributed by atoms with Crippen molar-refractivity contribution in [3.63, 3.8) is 0 Å². The van der Waals surface area contributed by atoms with Gasteiger partial charge in [-0.2, -0.15) is 4.99 Å². The average Bonchev–Trinajstić information content (AvgIpc) is 2.84. The van der Waals surface area contributed by atoms with Gasteiger partial charge in [-0.05, 0) is 35.5 Å². The molecule has 1 aliphatic heterocycles. The third kappa shape index (κ3) is 4.59. The highest BCUT2D eigenvalue weighted by Crippen LogP contribution is 2.32. The van der Waals surface area contributed by atoms with Crippen LogP contribution in [0.25, 0.3) is 6.08 Å². The molecule has 2 rings (SSSR count). The van der Waals surface area contributed by atoms with Crippen LogP contribution in [0.4, 0.5) is 0 Å². The largest absolute Gasteiger partial charge is 0.493 e. The van der Waals surface area contributed by atoms with E-state index in [1.54, 1.807) is 24.3 Å². The Balaban J connectivity index is 2.17. The van der Waals surface area contributed by atoms with E-state index in [-0.39, 0.29) is 17.7 Å². The molecule has 3 N–H and O–H groups in total. The van der Waals surface area contributed by atoms with Gasteiger partial charge in [0.05, 0.1) is 12.0 Å². The summed E-state index contributed by atoms with van der Waals surface area (Å²) in [6, 6.07) is 4.94. The summed E-state index contributed by atoms with van der Waals surface area (Å²) in [6.45, 7) is 1.07. The van der Waals surface area contributed by atoms with Crippen molar-refractivity contribution in [2.24, 2.45) is 10.7 Å². The number of carbonyl (C=O) groups excluding carboxylic acids is 3. The molecule has 1 aromatic carbocycles. The van der Waals surface area contributed by atoms with Gasteiger partial charge in [0.2, 0.25) is 5.91 Å². The number of primary amides is 1. The van der Waals surface area contributed by atoms with Gasteiger partial charge < -0.3 is 20.5 Å². The molecule has 0 atom stereocenters. The molecule has 0 saturated carbocycles. The molecular weight excluding hydrogens is 334 g/mol. The SMILES string of the molecule is COc1cc(/C=C2\SC(NC(C)=O)=NC2=O)ccc1OCC(N)=O. The molecule has 8 nitrogen and oxygen atoms in total. The van der Waals surface area contributed by atoms with Crippen LogP contribution in [0.15, 0.2) is 28.1 Å². The van der Waals surface area contributed by atoms with Gasteiger partial charge in [-0.3, -0.25) is 14.4 Å². The highest BCUT2D eigenvalue weighted by molar-refractivity contribution is 8.18. The van der Waals surface area contributed by atoms with Crippen LogP contribution in [0, 0.1) is 0 Å². The maximum Gasteiger partial charge on any atom is 0.286 e. The summed E-state index contributed by atoms with van der Waals surface area (Å²) in [5.74, 6) is -0.577. The molecule has 1 aliphatic rings. The minimum Gasteiger partial charge on any atom is -0.493 e. The second-order valence-electron chi connectivity index (χ2n) is 4.68. The minimum atomic E-state index is -0.598. The Hall–Kier alpha value is -2.81. The number of amides is 3. The topological polar surface area (TPSA) is 120 Å². The van der Waals surface area contributed by atoms with Crippen molar-refractivity contribution in [3.8, 4) is 11.5 Å². The molecule has 126 valence electrons. The third-order valence-corrected chi connectivity index (χ3v) is 3.66. The molecule has 1 heterocycles. The molecule has 24 heavy (non-hydrogen) atoms. The number of nitrogens with one attached hydrogen (secondary N) is 1. The first-order chi connectivity index (χ1) is 11.4. The monoisotopic (exact) mass is 349 g/mol. The highest BCUT2D eigenvalue weighted by Gasteiger charge is 2.22. The van der Waals surface area contributed by atoms with Crippen molar-refractivity contribution >= 4 is 40.7 Å². The smallest absolute Gasteiger partial charge is 0.286 e. The number of rotatable bonds is 5. The summed E-state index contributed by atoms with van der Waals surface area (Å²) in [5, 5.41) is 2.71. The Bertz CT molecular complexity index is 757. The quantitative estimate of drug-likeness (QED) is 0.754. The fraction of sp³-hybridized carbons (Fsp3) is 0.200. The fourth-order valence-electron chi connectivity index (χ4n) is 1.81. The average molecular weight is 349 g/mol. The van der Waals surface area contributed by atoms with Gasteiger partial charge in [-0.1, -0.05) is 6.07 Å². The van der Waals surface area contributed by atoms with Crippen LogP contribution >= 0.6 is 11.8 Å². The molecule has 0 radical (unpaired) electrons. The van der Waals surface area contributed by atoms with Crippen LogP contribution in [0.1, 0.15) is 12.5 Å². The van der Waals surface area contributed by atoms with E-state index in [0.29, 0.717) is 22.0 Å². The second-order valence-corrected chi connectivity index (χ2v) is 5.71. The maximum absolute atomic E-state index is 11.8. The normalized spacial score (nSPS) is 15.2. The lowest BCUT2D eigenvalue weighted by Gasteiger charge is -2.10. The number of nitrogens with two attached hydrogens (primary N) is 1. The summed E-state index contributed by atoms with van der Waals surface area (Å²) in [7, 11) is 1.46. The zero-order valence-corrected chi connectivity index (χ0v) is 13.8. The maximum atomic E-state index is 11.8. The number of methoxy groups -OCH3 is 1. The van der Waals surface area contributed by atoms with Crippen molar-refractivity contribution < 1.29 is 23.9 Å². The molecule has 0 aliphatic carbocycles. The van der Waals surface area contributed by atoms with Gasteiger partial charge in [0.15, 0.2) is 23.3 Å². The summed E-state index contributed by atoms with van der Waals surface area (Å²) >= 11 is 1.07. The zero-order chi connectivity index (χ0) is 17.7. The lowest BCUT2D eigenvalue weighted by molar-refractivity contribution is -0.120. The molecular formula is C15H15N3O5S. The van der Waals surface area contributed by atoms with Crippen LogP contribution in [0.3, 0.4) is 0 Å². The van der Waals surface area contributed by atoms with Crippen molar-refractivity contribution in [1.82, 2.24) is 5.32 Å². The predicted molar refractivity (Wildman–Crippen MR) is 89.5 cm³/mol. The molecule has 0 spiro atoms. The molecule has 0 fully saturated rings. The lowest BCUT2D eigenvalue weighted by Crippen LogP contribution is -2.23. The second kappa shape index (κ2) is 7.64. The van der Waals surface area contributed by atoms with Crippen LogP contribution in [-0.2, 0) is 14.4 Å². The first kappa shape index (κ1) is 17.5. The van der Waals surface area contributed by atoms with E-state index in [9.17, 15) is 14.4 Å². The Kier molecular flexibility index (Phi) is 5.59. The van der Waals surface area contributed by atoms with Crippen LogP contribution < -0.4 is 20.5 Å². The number of hydrogen-bond acceptors (Lipinski definition) is 6. The molecule has 0 aromatic heterocycles. The molecule has 0 saturated heterocycles. The van der Waals surface area contributed by atoms with E-state index < -0.39 is 11.8 Å². The Labute approximate surface area is 142 Å². The van der Waals surface area contributed by atoms with Crippen LogP contribution in [0.2, 0.25) is 0 Å². The number of nitrogens with zero attached hydrogens (tertiary/aromatic N) is 1. The number of thioether (sulfide) groups is 1. The highest BCUT2D eigenvalue weighted by atomic mass is 32.2. The number of aliphatic imine (C=N–C) groups is 1. The Morgan fingerprint density at radius 2 is 2.12 bits per heavy atom. The fourth-order valence-corrected chi connectivity index (χ4v) is 2.67. The van der Waals surface area contributed by atoms with E-state index in [4.69, 9.17) is 15.2 Å². The van der Waals surface area contributed by atoms with Crippen molar-refractivity contribution in [2.45, 2.75) is 6.92 Å². The Morgan fingerprint density at radius 3 is 2.75 bits per heavy atom.